The molecule has 0 radical (unpaired) electrons. The predicted molar refractivity (Wildman–Crippen MR) is 193 cm³/mol. The normalized spacial score (nSPS) is 13.6. The molecule has 264 valence electrons. The number of unbranched alkanes of at least 4 members (excludes halogenated alkanes) is 13. The molecule has 0 aliphatic heterocycles. The molecule has 2 atom stereocenters. The van der Waals surface area contributed by atoms with Crippen LogP contribution in [0, 0.1) is 0 Å². The first-order chi connectivity index (χ1) is 22.5. The van der Waals surface area contributed by atoms with E-state index in [1.54, 1.807) is 6.08 Å². The zero-order chi connectivity index (χ0) is 33.8. The van der Waals surface area contributed by atoms with Crippen LogP contribution in [-0.4, -0.2) is 47.6 Å². The summed E-state index contributed by atoms with van der Waals surface area (Å²) in [6, 6.07) is 0. The van der Waals surface area contributed by atoms with Gasteiger partial charge >= 0.3 is 11.9 Å². The van der Waals surface area contributed by atoms with Crippen molar-refractivity contribution in [3.63, 3.8) is 0 Å². The Bertz CT molecular complexity index is 841. The zero-order valence-corrected chi connectivity index (χ0v) is 29.4. The molecule has 0 spiro atoms. The average Bonchev–Trinajstić information content (AvgIpc) is 3.05. The zero-order valence-electron chi connectivity index (χ0n) is 29.4. The topological polar surface area (TPSA) is 93.1 Å². The van der Waals surface area contributed by atoms with Gasteiger partial charge in [0.05, 0.1) is 6.10 Å². The molecule has 0 rings (SSSR count). The molecule has 0 aromatic heterocycles. The Morgan fingerprint density at radius 1 is 0.543 bits per heavy atom. The molecule has 0 bridgehead atoms. The maximum absolute atomic E-state index is 11.9. The van der Waals surface area contributed by atoms with Gasteiger partial charge in [0.25, 0.3) is 0 Å². The molecule has 0 saturated carbocycles. The van der Waals surface area contributed by atoms with Crippen LogP contribution in [0.25, 0.3) is 0 Å². The molecule has 0 aromatic rings. The van der Waals surface area contributed by atoms with Crippen molar-refractivity contribution in [2.24, 2.45) is 0 Å². The molecule has 0 amide bonds. The van der Waals surface area contributed by atoms with Gasteiger partial charge in [-0.2, -0.15) is 0 Å². The van der Waals surface area contributed by atoms with Crippen molar-refractivity contribution in [2.75, 3.05) is 13.2 Å². The Hall–Kier alpha value is -2.44. The average molecular weight is 645 g/mol. The molecule has 0 saturated heterocycles. The van der Waals surface area contributed by atoms with Gasteiger partial charge in [-0.3, -0.25) is 9.59 Å². The highest BCUT2D eigenvalue weighted by Gasteiger charge is 2.12. The summed E-state index contributed by atoms with van der Waals surface area (Å²) in [5, 5.41) is 20.1. The Morgan fingerprint density at radius 3 is 1.48 bits per heavy atom. The van der Waals surface area contributed by atoms with Crippen molar-refractivity contribution in [1.29, 1.82) is 0 Å². The van der Waals surface area contributed by atoms with Crippen molar-refractivity contribution in [3.8, 4) is 0 Å². The second-order valence-corrected chi connectivity index (χ2v) is 12.2. The van der Waals surface area contributed by atoms with Crippen molar-refractivity contribution >= 4 is 11.9 Å². The number of ether oxygens (including phenoxy) is 2. The lowest BCUT2D eigenvalue weighted by Crippen LogP contribution is -2.25. The lowest BCUT2D eigenvalue weighted by atomic mass is 10.0. The van der Waals surface area contributed by atoms with Crippen LogP contribution in [0.2, 0.25) is 0 Å². The lowest BCUT2D eigenvalue weighted by Gasteiger charge is -2.12. The van der Waals surface area contributed by atoms with E-state index in [1.807, 2.05) is 18.2 Å². The Balaban J connectivity index is 3.66. The fraction of sp³-hybridized carbons (Fsp3) is 0.700. The Labute approximate surface area is 282 Å². The molecule has 0 heterocycles. The molecule has 1 unspecified atom stereocenters. The van der Waals surface area contributed by atoms with Gasteiger partial charge in [0.15, 0.2) is 0 Å². The molecule has 0 fully saturated rings. The number of aliphatic hydroxyl groups is 2. The van der Waals surface area contributed by atoms with Crippen LogP contribution in [0.4, 0.5) is 0 Å². The van der Waals surface area contributed by atoms with E-state index in [2.05, 4.69) is 50.3 Å². The van der Waals surface area contributed by atoms with Crippen LogP contribution >= 0.6 is 0 Å². The van der Waals surface area contributed by atoms with Crippen LogP contribution in [0.5, 0.6) is 0 Å². The number of carbonyl (C=O) groups is 2. The number of hydrogen-bond acceptors (Lipinski definition) is 6. The maximum atomic E-state index is 11.9. The van der Waals surface area contributed by atoms with Gasteiger partial charge in [-0.15, -0.1) is 0 Å². The number of allylic oxidation sites excluding steroid dienone is 9. The van der Waals surface area contributed by atoms with E-state index in [1.165, 1.54) is 70.6 Å². The number of esters is 2. The van der Waals surface area contributed by atoms with Crippen molar-refractivity contribution < 1.29 is 29.3 Å². The third-order valence-corrected chi connectivity index (χ3v) is 7.62. The summed E-state index contributed by atoms with van der Waals surface area (Å²) in [6.07, 6.45) is 41.6. The molecule has 6 nitrogen and oxygen atoms in total. The number of hydrogen-bond donors (Lipinski definition) is 2. The molecule has 0 aliphatic carbocycles. The number of aliphatic hydroxyl groups excluding tert-OH is 2. The Morgan fingerprint density at radius 2 is 0.978 bits per heavy atom. The monoisotopic (exact) mass is 645 g/mol. The molecule has 0 aromatic carbocycles. The summed E-state index contributed by atoms with van der Waals surface area (Å²) >= 11 is 0. The SMILES string of the molecule is CC/C=C\C/C=C\C/C=C\C/C=C\C=C\C(O)CCCC(=O)OC[C@H](O)COC(=O)CCCCCCCCCCCCCCCC. The summed E-state index contributed by atoms with van der Waals surface area (Å²) < 4.78 is 10.2. The van der Waals surface area contributed by atoms with Gasteiger partial charge in [-0.05, 0) is 44.9 Å². The Kier molecular flexibility index (Phi) is 33.5. The molecule has 6 heteroatoms. The van der Waals surface area contributed by atoms with Gasteiger partial charge in [0.2, 0.25) is 0 Å². The smallest absolute Gasteiger partial charge is 0.305 e. The summed E-state index contributed by atoms with van der Waals surface area (Å²) in [4.78, 5) is 23.9. The van der Waals surface area contributed by atoms with E-state index < -0.39 is 18.2 Å². The van der Waals surface area contributed by atoms with Gasteiger partial charge in [0, 0.05) is 12.8 Å². The number of rotatable bonds is 32. The molecule has 2 N–H and O–H groups in total. The van der Waals surface area contributed by atoms with E-state index in [0.29, 0.717) is 19.3 Å². The highest BCUT2D eigenvalue weighted by Crippen LogP contribution is 2.13. The first-order valence-corrected chi connectivity index (χ1v) is 18.4. The third-order valence-electron chi connectivity index (χ3n) is 7.62. The molecule has 46 heavy (non-hydrogen) atoms. The first kappa shape index (κ1) is 43.6. The van der Waals surface area contributed by atoms with Crippen LogP contribution in [0.1, 0.15) is 155 Å². The fourth-order valence-corrected chi connectivity index (χ4v) is 4.82. The summed E-state index contributed by atoms with van der Waals surface area (Å²) in [5.41, 5.74) is 0. The van der Waals surface area contributed by atoms with E-state index >= 15 is 0 Å². The van der Waals surface area contributed by atoms with E-state index in [0.717, 1.165) is 44.9 Å². The highest BCUT2D eigenvalue weighted by molar-refractivity contribution is 5.69. The first-order valence-electron chi connectivity index (χ1n) is 18.4. The summed E-state index contributed by atoms with van der Waals surface area (Å²) in [6.45, 7) is 4.00. The third kappa shape index (κ3) is 34.4. The summed E-state index contributed by atoms with van der Waals surface area (Å²) in [7, 11) is 0. The minimum absolute atomic E-state index is 0.153. The van der Waals surface area contributed by atoms with Crippen LogP contribution in [0.15, 0.2) is 60.8 Å². The van der Waals surface area contributed by atoms with Gasteiger partial charge in [-0.25, -0.2) is 0 Å². The predicted octanol–water partition coefficient (Wildman–Crippen LogP) is 10.2. The maximum Gasteiger partial charge on any atom is 0.305 e. The van der Waals surface area contributed by atoms with Gasteiger partial charge < -0.3 is 19.7 Å². The van der Waals surface area contributed by atoms with Crippen LogP contribution in [-0.2, 0) is 19.1 Å². The second-order valence-electron chi connectivity index (χ2n) is 12.2. The highest BCUT2D eigenvalue weighted by atomic mass is 16.6. The minimum Gasteiger partial charge on any atom is -0.463 e. The lowest BCUT2D eigenvalue weighted by molar-refractivity contribution is -0.152. The van der Waals surface area contributed by atoms with Crippen LogP contribution < -0.4 is 0 Å². The molecule has 0 aliphatic rings. The largest absolute Gasteiger partial charge is 0.463 e. The summed E-state index contributed by atoms with van der Waals surface area (Å²) in [5.74, 6) is -0.764. The van der Waals surface area contributed by atoms with Crippen molar-refractivity contribution in [2.45, 2.75) is 167 Å². The molecular weight excluding hydrogens is 576 g/mol. The van der Waals surface area contributed by atoms with Crippen molar-refractivity contribution in [1.82, 2.24) is 0 Å². The van der Waals surface area contributed by atoms with Gasteiger partial charge in [0.1, 0.15) is 19.3 Å². The van der Waals surface area contributed by atoms with E-state index in [9.17, 15) is 19.8 Å². The molecular formula is C40H68O6. The van der Waals surface area contributed by atoms with E-state index in [-0.39, 0.29) is 25.6 Å². The standard InChI is InChI=1S/C40H68O6/c1-3-5-7-9-11-13-15-17-19-21-23-25-27-29-33-39(43)45-35-38(42)36-46-40(44)34-30-32-37(41)31-28-26-24-22-20-18-16-14-12-10-8-6-4-2/h6,8,12,14,18,20,24,26,28,31,37-38,41-42H,3-5,7,9-11,13,15-17,19,21-23,25,27,29-30,32-36H2,1-2H3/b8-6-,14-12-,20-18-,26-24-,31-28+/t37?,38-/m1/s1. The second kappa shape index (κ2) is 35.4. The van der Waals surface area contributed by atoms with Gasteiger partial charge in [-0.1, -0.05) is 158 Å². The minimum atomic E-state index is -1.04. The fourth-order valence-electron chi connectivity index (χ4n) is 4.82. The quantitative estimate of drug-likeness (QED) is 0.0328. The van der Waals surface area contributed by atoms with Crippen molar-refractivity contribution in [3.05, 3.63) is 60.8 Å². The van der Waals surface area contributed by atoms with E-state index in [4.69, 9.17) is 9.47 Å². The number of carbonyl (C=O) groups excluding carboxylic acids is 2. The van der Waals surface area contributed by atoms with Crippen LogP contribution in [0.3, 0.4) is 0 Å².